The topological polar surface area (TPSA) is 47.3 Å². The number of nitrogens with zero attached hydrogens (tertiary/aromatic N) is 2. The zero-order chi connectivity index (χ0) is 16.4. The summed E-state index contributed by atoms with van der Waals surface area (Å²) < 4.78 is 7.54. The Hall–Kier alpha value is -2.04. The van der Waals surface area contributed by atoms with E-state index in [1.807, 2.05) is 4.57 Å². The lowest BCUT2D eigenvalue weighted by Crippen LogP contribution is -2.23. The van der Waals surface area contributed by atoms with Crippen LogP contribution in [0.25, 0.3) is 11.0 Å². The highest BCUT2D eigenvalue weighted by molar-refractivity contribution is 6.30. The molecule has 4 nitrogen and oxygen atoms in total. The van der Waals surface area contributed by atoms with Crippen LogP contribution in [0.4, 0.5) is 0 Å². The van der Waals surface area contributed by atoms with Crippen molar-refractivity contribution in [1.29, 1.82) is 0 Å². The van der Waals surface area contributed by atoms with Gasteiger partial charge in [-0.05, 0) is 61.4 Å². The average molecular weight is 331 g/mol. The summed E-state index contributed by atoms with van der Waals surface area (Å²) in [5, 5.41) is 10.9. The van der Waals surface area contributed by atoms with Crippen LogP contribution in [-0.2, 0) is 6.54 Å². The third-order valence-corrected chi connectivity index (χ3v) is 4.15. The van der Waals surface area contributed by atoms with E-state index < -0.39 is 6.10 Å². The molecule has 0 aliphatic rings. The van der Waals surface area contributed by atoms with Crippen LogP contribution < -0.4 is 4.74 Å². The van der Waals surface area contributed by atoms with Gasteiger partial charge in [-0.3, -0.25) is 0 Å². The van der Waals surface area contributed by atoms with Gasteiger partial charge < -0.3 is 14.4 Å². The molecule has 0 aliphatic heterocycles. The maximum atomic E-state index is 10.2. The van der Waals surface area contributed by atoms with Crippen LogP contribution in [0.2, 0.25) is 5.02 Å². The maximum absolute atomic E-state index is 10.2. The zero-order valence-electron chi connectivity index (χ0n) is 13.2. The molecular weight excluding hydrogens is 312 g/mol. The fourth-order valence-corrected chi connectivity index (χ4v) is 2.59. The molecule has 1 heterocycles. The minimum atomic E-state index is -0.621. The van der Waals surface area contributed by atoms with Crippen LogP contribution in [-0.4, -0.2) is 27.4 Å². The monoisotopic (exact) mass is 330 g/mol. The molecule has 3 aromatic rings. The van der Waals surface area contributed by atoms with E-state index in [1.54, 1.807) is 30.6 Å². The summed E-state index contributed by atoms with van der Waals surface area (Å²) in [5.74, 6) is 0.690. The van der Waals surface area contributed by atoms with Crippen molar-refractivity contribution in [3.05, 3.63) is 58.9 Å². The molecule has 1 atom stereocenters. The summed E-state index contributed by atoms with van der Waals surface area (Å²) in [6.07, 6.45) is 1.14. The summed E-state index contributed by atoms with van der Waals surface area (Å²) >= 11 is 5.83. The molecule has 1 unspecified atom stereocenters. The standard InChI is InChI=1S/C18H19ClN2O2/c1-12-7-17-18(8-13(12)2)21(11-20-17)9-15(22)10-23-16-5-3-14(19)4-6-16/h3-8,11,15,22H,9-10H2,1-2H3. The van der Waals surface area contributed by atoms with Gasteiger partial charge >= 0.3 is 0 Å². The van der Waals surface area contributed by atoms with Gasteiger partial charge in [0.15, 0.2) is 0 Å². The van der Waals surface area contributed by atoms with Gasteiger partial charge in [-0.15, -0.1) is 0 Å². The van der Waals surface area contributed by atoms with E-state index in [-0.39, 0.29) is 6.61 Å². The van der Waals surface area contributed by atoms with Crippen LogP contribution in [0.5, 0.6) is 5.75 Å². The lowest BCUT2D eigenvalue weighted by atomic mass is 10.1. The van der Waals surface area contributed by atoms with Crippen molar-refractivity contribution in [2.75, 3.05) is 6.61 Å². The molecule has 2 aromatic carbocycles. The lowest BCUT2D eigenvalue weighted by molar-refractivity contribution is 0.0934. The number of benzene rings is 2. The molecule has 5 heteroatoms. The quantitative estimate of drug-likeness (QED) is 0.775. The summed E-state index contributed by atoms with van der Waals surface area (Å²) in [6.45, 7) is 4.80. The molecule has 0 saturated carbocycles. The Morgan fingerprint density at radius 2 is 1.87 bits per heavy atom. The molecule has 3 rings (SSSR count). The number of aryl methyl sites for hydroxylation is 2. The Morgan fingerprint density at radius 3 is 2.61 bits per heavy atom. The summed E-state index contributed by atoms with van der Waals surface area (Å²) in [7, 11) is 0. The maximum Gasteiger partial charge on any atom is 0.119 e. The third-order valence-electron chi connectivity index (χ3n) is 3.90. The molecule has 0 amide bonds. The van der Waals surface area contributed by atoms with E-state index in [4.69, 9.17) is 16.3 Å². The van der Waals surface area contributed by atoms with Gasteiger partial charge in [0.25, 0.3) is 0 Å². The second-order valence-corrected chi connectivity index (χ2v) is 6.18. The SMILES string of the molecule is Cc1cc2ncn(CC(O)COc3ccc(Cl)cc3)c2cc1C. The predicted molar refractivity (Wildman–Crippen MR) is 92.2 cm³/mol. The summed E-state index contributed by atoms with van der Waals surface area (Å²) in [5.41, 5.74) is 4.40. The number of aromatic nitrogens is 2. The van der Waals surface area contributed by atoms with Crippen molar-refractivity contribution >= 4 is 22.6 Å². The number of aliphatic hydroxyl groups is 1. The minimum Gasteiger partial charge on any atom is -0.491 e. The molecule has 0 radical (unpaired) electrons. The predicted octanol–water partition coefficient (Wildman–Crippen LogP) is 3.75. The van der Waals surface area contributed by atoms with Crippen LogP contribution >= 0.6 is 11.6 Å². The van der Waals surface area contributed by atoms with Gasteiger partial charge in [0, 0.05) is 5.02 Å². The zero-order valence-corrected chi connectivity index (χ0v) is 13.9. The first-order valence-electron chi connectivity index (χ1n) is 7.51. The molecule has 0 aliphatic carbocycles. The Bertz CT molecular complexity index is 812. The van der Waals surface area contributed by atoms with Crippen molar-refractivity contribution < 1.29 is 9.84 Å². The Labute approximate surface area is 140 Å². The van der Waals surface area contributed by atoms with Crippen molar-refractivity contribution in [3.8, 4) is 5.75 Å². The first kappa shape index (κ1) is 15.8. The number of imidazole rings is 1. The Kier molecular flexibility index (Phi) is 4.55. The van der Waals surface area contributed by atoms with Crippen molar-refractivity contribution in [2.24, 2.45) is 0 Å². The van der Waals surface area contributed by atoms with Crippen molar-refractivity contribution in [1.82, 2.24) is 9.55 Å². The number of halogens is 1. The molecule has 0 bridgehead atoms. The van der Waals surface area contributed by atoms with Gasteiger partial charge in [-0.1, -0.05) is 11.6 Å². The molecule has 0 spiro atoms. The highest BCUT2D eigenvalue weighted by atomic mass is 35.5. The normalized spacial score (nSPS) is 12.5. The lowest BCUT2D eigenvalue weighted by Gasteiger charge is -2.14. The third kappa shape index (κ3) is 3.66. The van der Waals surface area contributed by atoms with E-state index >= 15 is 0 Å². The summed E-state index contributed by atoms with van der Waals surface area (Å²) in [6, 6.07) is 11.3. The molecule has 1 aromatic heterocycles. The molecule has 0 saturated heterocycles. The fourth-order valence-electron chi connectivity index (χ4n) is 2.46. The van der Waals surface area contributed by atoms with Crippen molar-refractivity contribution in [2.45, 2.75) is 26.5 Å². The van der Waals surface area contributed by atoms with E-state index in [9.17, 15) is 5.11 Å². The van der Waals surface area contributed by atoms with E-state index in [0.717, 1.165) is 11.0 Å². The average Bonchev–Trinajstić information content (AvgIpc) is 2.89. The minimum absolute atomic E-state index is 0.214. The number of aliphatic hydroxyl groups excluding tert-OH is 1. The first-order chi connectivity index (χ1) is 11.0. The number of ether oxygens (including phenoxy) is 1. The first-order valence-corrected chi connectivity index (χ1v) is 7.89. The van der Waals surface area contributed by atoms with Crippen molar-refractivity contribution in [3.63, 3.8) is 0 Å². The Morgan fingerprint density at radius 1 is 1.17 bits per heavy atom. The van der Waals surface area contributed by atoms with E-state index in [1.165, 1.54) is 11.1 Å². The van der Waals surface area contributed by atoms with Crippen LogP contribution in [0.3, 0.4) is 0 Å². The molecular formula is C18H19ClN2O2. The van der Waals surface area contributed by atoms with Gasteiger partial charge in [0.1, 0.15) is 18.5 Å². The smallest absolute Gasteiger partial charge is 0.119 e. The summed E-state index contributed by atoms with van der Waals surface area (Å²) in [4.78, 5) is 4.40. The molecule has 0 fully saturated rings. The van der Waals surface area contributed by atoms with Gasteiger partial charge in [-0.25, -0.2) is 4.98 Å². The highest BCUT2D eigenvalue weighted by Crippen LogP contribution is 2.19. The second kappa shape index (κ2) is 6.60. The molecule has 23 heavy (non-hydrogen) atoms. The number of fused-ring (bicyclic) bond motifs is 1. The molecule has 120 valence electrons. The van der Waals surface area contributed by atoms with E-state index in [0.29, 0.717) is 17.3 Å². The van der Waals surface area contributed by atoms with E-state index in [2.05, 4.69) is 31.0 Å². The number of rotatable bonds is 5. The number of hydrogen-bond acceptors (Lipinski definition) is 3. The van der Waals surface area contributed by atoms with Gasteiger partial charge in [0.2, 0.25) is 0 Å². The largest absolute Gasteiger partial charge is 0.491 e. The fraction of sp³-hybridized carbons (Fsp3) is 0.278. The Balaban J connectivity index is 1.67. The van der Waals surface area contributed by atoms with Crippen LogP contribution in [0.1, 0.15) is 11.1 Å². The van der Waals surface area contributed by atoms with Gasteiger partial charge in [0.05, 0.1) is 23.9 Å². The van der Waals surface area contributed by atoms with Crippen LogP contribution in [0.15, 0.2) is 42.7 Å². The van der Waals surface area contributed by atoms with Crippen LogP contribution in [0, 0.1) is 13.8 Å². The highest BCUT2D eigenvalue weighted by Gasteiger charge is 2.10. The van der Waals surface area contributed by atoms with Gasteiger partial charge in [-0.2, -0.15) is 0 Å². The molecule has 1 N–H and O–H groups in total. The second-order valence-electron chi connectivity index (χ2n) is 5.74. The number of hydrogen-bond donors (Lipinski definition) is 1.